The van der Waals surface area contributed by atoms with Crippen molar-refractivity contribution in [2.24, 2.45) is 0 Å². The minimum atomic E-state index is -0.399. The first kappa shape index (κ1) is 15.5. The van der Waals surface area contributed by atoms with E-state index in [2.05, 4.69) is 20.6 Å². The van der Waals surface area contributed by atoms with Crippen LogP contribution >= 0.6 is 0 Å². The molecule has 3 heterocycles. The van der Waals surface area contributed by atoms with Crippen LogP contribution in [0.25, 0.3) is 0 Å². The zero-order valence-electron chi connectivity index (χ0n) is 13.3. The van der Waals surface area contributed by atoms with E-state index in [9.17, 15) is 4.79 Å². The van der Waals surface area contributed by atoms with Crippen LogP contribution in [0.1, 0.15) is 43.2 Å². The van der Waals surface area contributed by atoms with Gasteiger partial charge in [0.25, 0.3) is 0 Å². The van der Waals surface area contributed by atoms with Crippen molar-refractivity contribution in [3.8, 4) is 0 Å². The molecule has 0 aliphatic carbocycles. The molecular weight excluding hydrogens is 302 g/mol. The van der Waals surface area contributed by atoms with Crippen LogP contribution in [-0.4, -0.2) is 46.0 Å². The summed E-state index contributed by atoms with van der Waals surface area (Å²) in [5, 5.41) is 10.4. The number of aromatic nitrogens is 3. The van der Waals surface area contributed by atoms with Crippen LogP contribution < -0.4 is 5.32 Å². The van der Waals surface area contributed by atoms with Gasteiger partial charge in [-0.05, 0) is 6.92 Å². The number of carbonyl (C=O) groups is 1. The first-order valence-electron chi connectivity index (χ1n) is 7.46. The Kier molecular flexibility index (Phi) is 4.28. The lowest BCUT2D eigenvalue weighted by molar-refractivity contribution is 0.0109. The summed E-state index contributed by atoms with van der Waals surface area (Å²) in [6.45, 7) is 6.91. The first-order chi connectivity index (χ1) is 11.0. The van der Waals surface area contributed by atoms with Crippen LogP contribution in [0.4, 0.5) is 10.7 Å². The van der Waals surface area contributed by atoms with Gasteiger partial charge >= 0.3 is 6.03 Å². The molecule has 3 rings (SSSR count). The molecule has 1 unspecified atom stereocenters. The zero-order chi connectivity index (χ0) is 16.4. The van der Waals surface area contributed by atoms with Crippen LogP contribution in [0.3, 0.4) is 0 Å². The third-order valence-electron chi connectivity index (χ3n) is 3.50. The second-order valence-corrected chi connectivity index (χ2v) is 5.69. The van der Waals surface area contributed by atoms with Gasteiger partial charge in [-0.25, -0.2) is 4.79 Å². The smallest absolute Gasteiger partial charge is 0.325 e. The first-order valence-corrected chi connectivity index (χ1v) is 7.46. The quantitative estimate of drug-likeness (QED) is 0.922. The van der Waals surface area contributed by atoms with Gasteiger partial charge in [-0.1, -0.05) is 24.2 Å². The number of carbonyl (C=O) groups excluding carboxylic acids is 1. The Morgan fingerprint density at radius 1 is 1.39 bits per heavy atom. The van der Waals surface area contributed by atoms with Gasteiger partial charge in [-0.3, -0.25) is 5.32 Å². The van der Waals surface area contributed by atoms with Gasteiger partial charge in [0.1, 0.15) is 6.04 Å². The van der Waals surface area contributed by atoms with Crippen LogP contribution in [0.2, 0.25) is 0 Å². The van der Waals surface area contributed by atoms with Crippen LogP contribution in [-0.2, 0) is 4.74 Å². The third-order valence-corrected chi connectivity index (χ3v) is 3.50. The van der Waals surface area contributed by atoms with E-state index in [4.69, 9.17) is 13.8 Å². The molecule has 1 atom stereocenters. The average molecular weight is 321 g/mol. The van der Waals surface area contributed by atoms with Crippen LogP contribution in [0, 0.1) is 6.92 Å². The van der Waals surface area contributed by atoms with E-state index in [0.29, 0.717) is 43.1 Å². The Bertz CT molecular complexity index is 680. The van der Waals surface area contributed by atoms with Gasteiger partial charge in [-0.15, -0.1) is 0 Å². The maximum absolute atomic E-state index is 12.5. The molecule has 2 aromatic rings. The highest BCUT2D eigenvalue weighted by molar-refractivity contribution is 5.88. The Hall–Kier alpha value is -2.42. The number of hydrogen-bond donors (Lipinski definition) is 1. The Morgan fingerprint density at radius 2 is 2.22 bits per heavy atom. The van der Waals surface area contributed by atoms with E-state index >= 15 is 0 Å². The molecule has 1 aliphatic heterocycles. The summed E-state index contributed by atoms with van der Waals surface area (Å²) in [7, 11) is 0. The van der Waals surface area contributed by atoms with E-state index in [1.54, 1.807) is 17.9 Å². The van der Waals surface area contributed by atoms with Crippen molar-refractivity contribution in [2.45, 2.75) is 32.7 Å². The molecule has 1 N–H and O–H groups in total. The number of rotatable bonds is 3. The highest BCUT2D eigenvalue weighted by atomic mass is 16.5. The molecule has 2 amide bonds. The second-order valence-electron chi connectivity index (χ2n) is 5.69. The van der Waals surface area contributed by atoms with Gasteiger partial charge in [0.15, 0.2) is 5.82 Å². The molecule has 0 saturated carbocycles. The van der Waals surface area contributed by atoms with Crippen molar-refractivity contribution < 1.29 is 18.6 Å². The van der Waals surface area contributed by atoms with Gasteiger partial charge in [0.05, 0.1) is 18.9 Å². The molecule has 0 spiro atoms. The fourth-order valence-electron chi connectivity index (χ4n) is 2.28. The average Bonchev–Trinajstić information content (AvgIpc) is 3.16. The third kappa shape index (κ3) is 3.34. The number of hydrogen-bond acceptors (Lipinski definition) is 7. The van der Waals surface area contributed by atoms with E-state index in [-0.39, 0.29) is 11.9 Å². The number of morpholine rings is 1. The number of anilines is 1. The van der Waals surface area contributed by atoms with Crippen molar-refractivity contribution in [3.05, 3.63) is 23.5 Å². The Morgan fingerprint density at radius 3 is 2.87 bits per heavy atom. The van der Waals surface area contributed by atoms with E-state index in [0.717, 1.165) is 0 Å². The number of ether oxygens (including phenoxy) is 1. The minimum Gasteiger partial charge on any atom is -0.377 e. The lowest BCUT2D eigenvalue weighted by Gasteiger charge is -2.33. The van der Waals surface area contributed by atoms with Gasteiger partial charge < -0.3 is 18.7 Å². The summed E-state index contributed by atoms with van der Waals surface area (Å²) in [4.78, 5) is 18.5. The Balaban J connectivity index is 1.76. The summed E-state index contributed by atoms with van der Waals surface area (Å²) in [6.07, 6.45) is 0. The summed E-state index contributed by atoms with van der Waals surface area (Å²) in [6, 6.07) is 0.938. The molecule has 0 bridgehead atoms. The van der Waals surface area contributed by atoms with Crippen LogP contribution in [0.15, 0.2) is 15.1 Å². The summed E-state index contributed by atoms with van der Waals surface area (Å²) in [5.74, 6) is 1.41. The molecular formula is C14H19N5O4. The lowest BCUT2D eigenvalue weighted by atomic mass is 10.2. The standard InChI is InChI=1S/C14H19N5O4/c1-8(2)13-16-12(18-23-13)10-7-21-5-4-19(10)14(20)15-11-6-9(3)17-22-11/h6,8,10H,4-5,7H2,1-3H3,(H,15,20). The monoisotopic (exact) mass is 321 g/mol. The van der Waals surface area contributed by atoms with Gasteiger partial charge in [0.2, 0.25) is 11.8 Å². The zero-order valence-corrected chi connectivity index (χ0v) is 13.3. The molecule has 0 aromatic carbocycles. The SMILES string of the molecule is Cc1cc(NC(=O)N2CCOCC2c2noc(C(C)C)n2)on1. The highest BCUT2D eigenvalue weighted by Crippen LogP contribution is 2.24. The molecule has 1 saturated heterocycles. The summed E-state index contributed by atoms with van der Waals surface area (Å²) in [5.41, 5.74) is 0.693. The van der Waals surface area contributed by atoms with E-state index < -0.39 is 6.04 Å². The molecule has 0 radical (unpaired) electrons. The topological polar surface area (TPSA) is 107 Å². The summed E-state index contributed by atoms with van der Waals surface area (Å²) < 4.78 is 15.7. The van der Waals surface area contributed by atoms with Gasteiger partial charge in [0, 0.05) is 18.5 Å². The number of aryl methyl sites for hydroxylation is 1. The molecule has 1 aliphatic rings. The molecule has 9 heteroatoms. The number of nitrogens with zero attached hydrogens (tertiary/aromatic N) is 4. The molecule has 9 nitrogen and oxygen atoms in total. The largest absolute Gasteiger partial charge is 0.377 e. The number of urea groups is 1. The van der Waals surface area contributed by atoms with Crippen LogP contribution in [0.5, 0.6) is 0 Å². The van der Waals surface area contributed by atoms with Gasteiger partial charge in [-0.2, -0.15) is 4.98 Å². The maximum Gasteiger partial charge on any atom is 0.325 e. The van der Waals surface area contributed by atoms with Crippen molar-refractivity contribution in [1.29, 1.82) is 0 Å². The molecule has 2 aromatic heterocycles. The molecule has 1 fully saturated rings. The molecule has 23 heavy (non-hydrogen) atoms. The van der Waals surface area contributed by atoms with Crippen molar-refractivity contribution in [2.75, 3.05) is 25.1 Å². The number of amides is 2. The fraction of sp³-hybridized carbons (Fsp3) is 0.571. The maximum atomic E-state index is 12.5. The van der Waals surface area contributed by atoms with Crippen molar-refractivity contribution >= 4 is 11.9 Å². The predicted molar refractivity (Wildman–Crippen MR) is 78.9 cm³/mol. The normalized spacial score (nSPS) is 18.4. The predicted octanol–water partition coefficient (Wildman–Crippen LogP) is 2.09. The fourth-order valence-corrected chi connectivity index (χ4v) is 2.28. The second kappa shape index (κ2) is 6.37. The molecule has 124 valence electrons. The van der Waals surface area contributed by atoms with E-state index in [1.165, 1.54) is 0 Å². The highest BCUT2D eigenvalue weighted by Gasteiger charge is 2.33. The van der Waals surface area contributed by atoms with E-state index in [1.807, 2.05) is 13.8 Å². The number of nitrogens with one attached hydrogen (secondary N) is 1. The van der Waals surface area contributed by atoms with Crippen molar-refractivity contribution in [1.82, 2.24) is 20.2 Å². The van der Waals surface area contributed by atoms with Crippen molar-refractivity contribution in [3.63, 3.8) is 0 Å². The minimum absolute atomic E-state index is 0.125. The lowest BCUT2D eigenvalue weighted by Crippen LogP contribution is -2.45. The summed E-state index contributed by atoms with van der Waals surface area (Å²) >= 11 is 0. The Labute approximate surface area is 133 Å².